The van der Waals surface area contributed by atoms with E-state index in [2.05, 4.69) is 12.1 Å². The molecule has 140 valence electrons. The molecular weight excluding hydrogens is 366 g/mol. The van der Waals surface area contributed by atoms with Gasteiger partial charge >= 0.3 is 0 Å². The van der Waals surface area contributed by atoms with Gasteiger partial charge in [-0.25, -0.2) is 0 Å². The molecule has 6 nitrogen and oxygen atoms in total. The summed E-state index contributed by atoms with van der Waals surface area (Å²) in [4.78, 5) is 10.4. The van der Waals surface area contributed by atoms with Gasteiger partial charge in [-0.2, -0.15) is 10.5 Å². The summed E-state index contributed by atoms with van der Waals surface area (Å²) in [7, 11) is 0. The number of non-ortho nitro benzene ring substituents is 1. The summed E-state index contributed by atoms with van der Waals surface area (Å²) < 4.78 is 5.74. The third-order valence-corrected chi connectivity index (χ3v) is 4.21. The zero-order valence-corrected chi connectivity index (χ0v) is 15.3. The fourth-order valence-corrected chi connectivity index (χ4v) is 2.71. The number of nitrogens with zero attached hydrogens (tertiary/aromatic N) is 3. The predicted octanol–water partition coefficient (Wildman–Crippen LogP) is 5.11. The maximum atomic E-state index is 10.9. The lowest BCUT2D eigenvalue weighted by atomic mass is 10.0. The Bertz CT molecular complexity index is 1150. The second-order valence-electron chi connectivity index (χ2n) is 6.10. The van der Waals surface area contributed by atoms with Crippen molar-refractivity contribution in [3.63, 3.8) is 0 Å². The molecule has 0 aromatic heterocycles. The summed E-state index contributed by atoms with van der Waals surface area (Å²) in [5.41, 5.74) is 2.88. The van der Waals surface area contributed by atoms with Gasteiger partial charge in [0.1, 0.15) is 12.4 Å². The minimum atomic E-state index is -0.491. The molecular formula is C23H15N3O3. The summed E-state index contributed by atoms with van der Waals surface area (Å²) in [6, 6.07) is 24.5. The van der Waals surface area contributed by atoms with Crippen LogP contribution in [-0.2, 0) is 6.61 Å². The average Bonchev–Trinajstić information content (AvgIpc) is 2.77. The standard InChI is InChI=1S/C23H15N3O3/c24-14-19-4-1-2-5-20(19)16-29-23-10-8-17(9-11-23)12-21(15-25)18-6-3-7-22(13-18)26(27)28/h1-13H,16H2/b21-12-. The van der Waals surface area contributed by atoms with E-state index >= 15 is 0 Å². The van der Waals surface area contributed by atoms with Crippen molar-refractivity contribution in [2.45, 2.75) is 6.61 Å². The minimum absolute atomic E-state index is 0.0648. The van der Waals surface area contributed by atoms with Gasteiger partial charge < -0.3 is 4.74 Å². The van der Waals surface area contributed by atoms with Crippen LogP contribution >= 0.6 is 0 Å². The van der Waals surface area contributed by atoms with Crippen molar-refractivity contribution in [3.05, 3.63) is 105 Å². The molecule has 3 rings (SSSR count). The summed E-state index contributed by atoms with van der Waals surface area (Å²) in [6.45, 7) is 0.274. The molecule has 0 saturated carbocycles. The Morgan fingerprint density at radius 3 is 2.48 bits per heavy atom. The second-order valence-corrected chi connectivity index (χ2v) is 6.10. The number of nitro benzene ring substituents is 1. The third-order valence-electron chi connectivity index (χ3n) is 4.21. The van der Waals surface area contributed by atoms with Gasteiger partial charge in [-0.05, 0) is 35.4 Å². The highest BCUT2D eigenvalue weighted by molar-refractivity contribution is 5.90. The second kappa shape index (κ2) is 8.98. The van der Waals surface area contributed by atoms with Crippen molar-refractivity contribution < 1.29 is 9.66 Å². The van der Waals surface area contributed by atoms with Crippen LogP contribution in [-0.4, -0.2) is 4.92 Å². The van der Waals surface area contributed by atoms with Crippen molar-refractivity contribution in [3.8, 4) is 17.9 Å². The van der Waals surface area contributed by atoms with Crippen LogP contribution in [0.15, 0.2) is 72.8 Å². The van der Waals surface area contributed by atoms with Gasteiger partial charge in [0.05, 0.1) is 28.2 Å². The number of nitro groups is 1. The molecule has 0 aliphatic heterocycles. The Morgan fingerprint density at radius 2 is 1.79 bits per heavy atom. The molecule has 29 heavy (non-hydrogen) atoms. The molecule has 3 aromatic carbocycles. The molecule has 0 unspecified atom stereocenters. The van der Waals surface area contributed by atoms with Crippen LogP contribution in [0, 0.1) is 32.8 Å². The van der Waals surface area contributed by atoms with Crippen LogP contribution in [0.3, 0.4) is 0 Å². The Balaban J connectivity index is 1.75. The van der Waals surface area contributed by atoms with E-state index in [1.165, 1.54) is 12.1 Å². The van der Waals surface area contributed by atoms with Crippen LogP contribution in [0.4, 0.5) is 5.69 Å². The average molecular weight is 381 g/mol. The van der Waals surface area contributed by atoms with E-state index in [1.807, 2.05) is 12.1 Å². The maximum Gasteiger partial charge on any atom is 0.270 e. The number of hydrogen-bond acceptors (Lipinski definition) is 5. The van der Waals surface area contributed by atoms with Gasteiger partial charge in [-0.1, -0.05) is 42.5 Å². The maximum absolute atomic E-state index is 10.9. The number of nitriles is 2. The van der Waals surface area contributed by atoms with Gasteiger partial charge in [0.2, 0.25) is 0 Å². The van der Waals surface area contributed by atoms with Gasteiger partial charge in [0.15, 0.2) is 0 Å². The van der Waals surface area contributed by atoms with Gasteiger partial charge in [-0.3, -0.25) is 10.1 Å². The fourth-order valence-electron chi connectivity index (χ4n) is 2.71. The molecule has 0 fully saturated rings. The van der Waals surface area contributed by atoms with Crippen molar-refractivity contribution >= 4 is 17.3 Å². The first-order valence-electron chi connectivity index (χ1n) is 8.68. The zero-order chi connectivity index (χ0) is 20.6. The number of benzene rings is 3. The Morgan fingerprint density at radius 1 is 1.03 bits per heavy atom. The van der Waals surface area contributed by atoms with E-state index in [-0.39, 0.29) is 12.3 Å². The molecule has 0 N–H and O–H groups in total. The highest BCUT2D eigenvalue weighted by atomic mass is 16.6. The molecule has 0 radical (unpaired) electrons. The molecule has 0 bridgehead atoms. The fraction of sp³-hybridized carbons (Fsp3) is 0.0435. The smallest absolute Gasteiger partial charge is 0.270 e. The molecule has 0 atom stereocenters. The van der Waals surface area contributed by atoms with Crippen molar-refractivity contribution in [2.24, 2.45) is 0 Å². The summed E-state index contributed by atoms with van der Waals surface area (Å²) in [6.07, 6.45) is 1.66. The normalized spacial score (nSPS) is 10.6. The lowest BCUT2D eigenvalue weighted by Gasteiger charge is -2.08. The van der Waals surface area contributed by atoms with Crippen LogP contribution in [0.1, 0.15) is 22.3 Å². The molecule has 0 saturated heterocycles. The summed E-state index contributed by atoms with van der Waals surface area (Å²) >= 11 is 0. The molecule has 6 heteroatoms. The third kappa shape index (κ3) is 4.85. The van der Waals surface area contributed by atoms with E-state index in [1.54, 1.807) is 54.6 Å². The number of rotatable bonds is 6. The molecule has 0 heterocycles. The van der Waals surface area contributed by atoms with Gasteiger partial charge in [0.25, 0.3) is 5.69 Å². The first-order chi connectivity index (χ1) is 14.1. The topological polar surface area (TPSA) is 99.9 Å². The monoisotopic (exact) mass is 381 g/mol. The van der Waals surface area contributed by atoms with Crippen LogP contribution < -0.4 is 4.74 Å². The van der Waals surface area contributed by atoms with Crippen molar-refractivity contribution in [2.75, 3.05) is 0 Å². The SMILES string of the molecule is N#C/C(=C/c1ccc(OCc2ccccc2C#N)cc1)c1cccc([N+](=O)[O-])c1. The van der Waals surface area contributed by atoms with Crippen LogP contribution in [0.5, 0.6) is 5.75 Å². The van der Waals surface area contributed by atoms with Gasteiger partial charge in [-0.15, -0.1) is 0 Å². The molecule has 0 spiro atoms. The Kier molecular flexibility index (Phi) is 5.99. The largest absolute Gasteiger partial charge is 0.489 e. The molecule has 0 aliphatic carbocycles. The van der Waals surface area contributed by atoms with E-state index < -0.39 is 4.92 Å². The highest BCUT2D eigenvalue weighted by Crippen LogP contribution is 2.23. The molecule has 3 aromatic rings. The molecule has 0 amide bonds. The number of allylic oxidation sites excluding steroid dienone is 1. The quantitative estimate of drug-likeness (QED) is 0.256. The zero-order valence-electron chi connectivity index (χ0n) is 15.3. The molecule has 0 aliphatic rings. The summed E-state index contributed by atoms with van der Waals surface area (Å²) in [5.74, 6) is 0.628. The Hall–Kier alpha value is -4.42. The lowest BCUT2D eigenvalue weighted by Crippen LogP contribution is -1.98. The van der Waals surface area contributed by atoms with Crippen LogP contribution in [0.25, 0.3) is 11.6 Å². The van der Waals surface area contributed by atoms with Crippen LogP contribution in [0.2, 0.25) is 0 Å². The number of ether oxygens (including phenoxy) is 1. The minimum Gasteiger partial charge on any atom is -0.489 e. The van der Waals surface area contributed by atoms with E-state index in [0.717, 1.165) is 11.1 Å². The van der Waals surface area contributed by atoms with Crippen molar-refractivity contribution in [1.82, 2.24) is 0 Å². The summed E-state index contributed by atoms with van der Waals surface area (Å²) in [5, 5.41) is 29.5. The lowest BCUT2D eigenvalue weighted by molar-refractivity contribution is -0.384. The van der Waals surface area contributed by atoms with Gasteiger partial charge in [0, 0.05) is 17.7 Å². The first kappa shape index (κ1) is 19.3. The van der Waals surface area contributed by atoms with E-state index in [0.29, 0.717) is 22.4 Å². The highest BCUT2D eigenvalue weighted by Gasteiger charge is 2.09. The number of hydrogen-bond donors (Lipinski definition) is 0. The predicted molar refractivity (Wildman–Crippen MR) is 109 cm³/mol. The van der Waals surface area contributed by atoms with E-state index in [9.17, 15) is 15.4 Å². The van der Waals surface area contributed by atoms with E-state index in [4.69, 9.17) is 10.00 Å². The first-order valence-corrected chi connectivity index (χ1v) is 8.68. The Labute approximate surface area is 167 Å². The van der Waals surface area contributed by atoms with Crippen molar-refractivity contribution in [1.29, 1.82) is 10.5 Å².